The molecule has 2 rings (SSSR count). The van der Waals surface area contributed by atoms with Gasteiger partial charge in [-0.1, -0.05) is 29.3 Å². The molecule has 9 heavy (non-hydrogen) atoms. The second-order valence-corrected chi connectivity index (χ2v) is 4.75. The van der Waals surface area contributed by atoms with Crippen LogP contribution >= 0.6 is 15.9 Å². The normalized spacial score (nSPS) is 56.7. The number of rotatable bonds is 0. The molecule has 0 nitrogen and oxygen atoms in total. The average molecular weight is 189 g/mol. The van der Waals surface area contributed by atoms with Gasteiger partial charge in [-0.25, -0.2) is 0 Å². The van der Waals surface area contributed by atoms with Gasteiger partial charge in [-0.3, -0.25) is 0 Å². The summed E-state index contributed by atoms with van der Waals surface area (Å²) in [5.41, 5.74) is 0. The first kappa shape index (κ1) is 6.21. The first-order valence-corrected chi connectivity index (χ1v) is 4.84. The molecule has 0 aromatic rings. The molecule has 1 heteroatoms. The lowest BCUT2D eigenvalue weighted by molar-refractivity contribution is 0.368. The van der Waals surface area contributed by atoms with Gasteiger partial charge in [0.2, 0.25) is 0 Å². The third kappa shape index (κ3) is 0.938. The molecule has 0 aromatic heterocycles. The Labute approximate surface area is 65.1 Å². The molecule has 0 bridgehead atoms. The maximum Gasteiger partial charge on any atom is 0.0208 e. The Morgan fingerprint density at radius 1 is 1.22 bits per heavy atom. The predicted octanol–water partition coefficient (Wildman–Crippen LogP) is 2.82. The number of hydrogen-bond donors (Lipinski definition) is 0. The Balaban J connectivity index is 1.96. The van der Waals surface area contributed by atoms with E-state index < -0.39 is 0 Å². The van der Waals surface area contributed by atoms with E-state index in [4.69, 9.17) is 0 Å². The zero-order valence-corrected chi connectivity index (χ0v) is 7.39. The Morgan fingerprint density at radius 2 is 2.00 bits per heavy atom. The smallest absolute Gasteiger partial charge is 0.0208 e. The highest BCUT2D eigenvalue weighted by atomic mass is 79.9. The van der Waals surface area contributed by atoms with Crippen LogP contribution in [0.25, 0.3) is 0 Å². The van der Waals surface area contributed by atoms with E-state index in [2.05, 4.69) is 22.9 Å². The molecule has 4 unspecified atom stereocenters. The van der Waals surface area contributed by atoms with Gasteiger partial charge in [-0.2, -0.15) is 0 Å². The van der Waals surface area contributed by atoms with Crippen molar-refractivity contribution in [2.24, 2.45) is 17.8 Å². The molecular weight excluding hydrogens is 176 g/mol. The molecule has 4 atom stereocenters. The second-order valence-electron chi connectivity index (χ2n) is 3.69. The maximum absolute atomic E-state index is 3.70. The van der Waals surface area contributed by atoms with E-state index in [9.17, 15) is 0 Å². The summed E-state index contributed by atoms with van der Waals surface area (Å²) in [6, 6.07) is 0. The lowest BCUT2D eigenvalue weighted by atomic mass is 9.91. The Morgan fingerprint density at radius 3 is 2.56 bits per heavy atom. The summed E-state index contributed by atoms with van der Waals surface area (Å²) < 4.78 is 0. The van der Waals surface area contributed by atoms with Crippen molar-refractivity contribution in [1.82, 2.24) is 0 Å². The van der Waals surface area contributed by atoms with Gasteiger partial charge in [0, 0.05) is 4.83 Å². The lowest BCUT2D eigenvalue weighted by Gasteiger charge is -2.14. The average Bonchev–Trinajstić information content (AvgIpc) is 2.43. The fraction of sp³-hybridized carbons (Fsp3) is 1.00. The van der Waals surface area contributed by atoms with Gasteiger partial charge in [0.15, 0.2) is 0 Å². The van der Waals surface area contributed by atoms with Gasteiger partial charge in [-0.15, -0.1) is 0 Å². The number of alkyl halides is 1. The molecule has 0 N–H and O–H groups in total. The maximum atomic E-state index is 3.70. The van der Waals surface area contributed by atoms with Crippen molar-refractivity contribution in [3.63, 3.8) is 0 Å². The summed E-state index contributed by atoms with van der Waals surface area (Å²) >= 11 is 3.70. The molecule has 2 aliphatic carbocycles. The Hall–Kier alpha value is 0.480. The van der Waals surface area contributed by atoms with Crippen molar-refractivity contribution < 1.29 is 0 Å². The lowest BCUT2D eigenvalue weighted by Crippen LogP contribution is -2.03. The fourth-order valence-electron chi connectivity index (χ4n) is 2.14. The van der Waals surface area contributed by atoms with Crippen LogP contribution in [0.5, 0.6) is 0 Å². The monoisotopic (exact) mass is 188 g/mol. The molecule has 2 fully saturated rings. The summed E-state index contributed by atoms with van der Waals surface area (Å²) in [5, 5.41) is 0. The van der Waals surface area contributed by atoms with Crippen LogP contribution in [0.2, 0.25) is 0 Å². The van der Waals surface area contributed by atoms with Crippen LogP contribution in [0.15, 0.2) is 0 Å². The van der Waals surface area contributed by atoms with Crippen LogP contribution < -0.4 is 0 Å². The molecule has 2 aliphatic rings. The SMILES string of the molecule is CC1CCC2C(Br)C2C1. The molecule has 0 amide bonds. The van der Waals surface area contributed by atoms with Gasteiger partial charge >= 0.3 is 0 Å². The molecule has 0 aliphatic heterocycles. The molecule has 0 aromatic carbocycles. The topological polar surface area (TPSA) is 0 Å². The Kier molecular flexibility index (Phi) is 1.37. The summed E-state index contributed by atoms with van der Waals surface area (Å²) in [5.74, 6) is 3.14. The van der Waals surface area contributed by atoms with Crippen molar-refractivity contribution in [1.29, 1.82) is 0 Å². The summed E-state index contributed by atoms with van der Waals surface area (Å²) in [4.78, 5) is 0.905. The minimum absolute atomic E-state index is 0.905. The summed E-state index contributed by atoms with van der Waals surface area (Å²) in [6.45, 7) is 2.38. The van der Waals surface area contributed by atoms with Crippen LogP contribution in [0, 0.1) is 17.8 Å². The van der Waals surface area contributed by atoms with E-state index in [-0.39, 0.29) is 0 Å². The summed E-state index contributed by atoms with van der Waals surface area (Å²) in [6.07, 6.45) is 4.45. The Bertz CT molecular complexity index is 122. The first-order chi connectivity index (χ1) is 4.29. The standard InChI is InChI=1S/C8H13Br/c1-5-2-3-6-7(4-5)8(6)9/h5-8H,2-4H2,1H3. The van der Waals surface area contributed by atoms with Crippen LogP contribution in [0.1, 0.15) is 26.2 Å². The van der Waals surface area contributed by atoms with Gasteiger partial charge in [0.05, 0.1) is 0 Å². The minimum Gasteiger partial charge on any atom is -0.0884 e. The molecule has 0 saturated heterocycles. The molecule has 0 spiro atoms. The number of hydrogen-bond acceptors (Lipinski definition) is 0. The van der Waals surface area contributed by atoms with Crippen molar-refractivity contribution in [3.8, 4) is 0 Å². The van der Waals surface area contributed by atoms with Gasteiger partial charge in [-0.05, 0) is 30.6 Å². The van der Waals surface area contributed by atoms with Crippen LogP contribution in [0.3, 0.4) is 0 Å². The molecular formula is C8H13Br. The predicted molar refractivity (Wildman–Crippen MR) is 42.7 cm³/mol. The molecule has 0 heterocycles. The quantitative estimate of drug-likeness (QED) is 0.514. The third-order valence-corrected chi connectivity index (χ3v) is 4.25. The van der Waals surface area contributed by atoms with Crippen molar-refractivity contribution in [3.05, 3.63) is 0 Å². The van der Waals surface area contributed by atoms with Gasteiger partial charge in [0.25, 0.3) is 0 Å². The van der Waals surface area contributed by atoms with Gasteiger partial charge in [0.1, 0.15) is 0 Å². The van der Waals surface area contributed by atoms with Crippen LogP contribution in [-0.2, 0) is 0 Å². The van der Waals surface area contributed by atoms with Crippen molar-refractivity contribution in [2.75, 3.05) is 0 Å². The zero-order valence-electron chi connectivity index (χ0n) is 5.81. The highest BCUT2D eigenvalue weighted by Gasteiger charge is 2.50. The fourth-order valence-corrected chi connectivity index (χ4v) is 3.22. The van der Waals surface area contributed by atoms with Crippen molar-refractivity contribution >= 4 is 15.9 Å². The first-order valence-electron chi connectivity index (χ1n) is 3.93. The van der Waals surface area contributed by atoms with E-state index in [1.807, 2.05) is 0 Å². The van der Waals surface area contributed by atoms with Crippen LogP contribution in [-0.4, -0.2) is 4.83 Å². The number of halogens is 1. The van der Waals surface area contributed by atoms with E-state index in [0.29, 0.717) is 0 Å². The number of fused-ring (bicyclic) bond motifs is 1. The van der Waals surface area contributed by atoms with E-state index in [1.54, 1.807) is 0 Å². The third-order valence-electron chi connectivity index (χ3n) is 2.89. The highest BCUT2D eigenvalue weighted by molar-refractivity contribution is 9.09. The van der Waals surface area contributed by atoms with Gasteiger partial charge < -0.3 is 0 Å². The molecule has 52 valence electrons. The minimum atomic E-state index is 0.905. The van der Waals surface area contributed by atoms with Crippen LogP contribution in [0.4, 0.5) is 0 Å². The van der Waals surface area contributed by atoms with E-state index >= 15 is 0 Å². The van der Waals surface area contributed by atoms with E-state index in [1.165, 1.54) is 19.3 Å². The second kappa shape index (κ2) is 1.98. The molecule has 0 radical (unpaired) electrons. The zero-order chi connectivity index (χ0) is 6.43. The highest BCUT2D eigenvalue weighted by Crippen LogP contribution is 2.55. The van der Waals surface area contributed by atoms with Crippen molar-refractivity contribution in [2.45, 2.75) is 31.0 Å². The largest absolute Gasteiger partial charge is 0.0884 e. The summed E-state index contributed by atoms with van der Waals surface area (Å²) in [7, 11) is 0. The van der Waals surface area contributed by atoms with E-state index in [0.717, 1.165) is 22.6 Å². The molecule has 2 saturated carbocycles.